The molecule has 6 heteroatoms. The summed E-state index contributed by atoms with van der Waals surface area (Å²) in [7, 11) is 0. The number of rotatable bonds is 5. The Hall–Kier alpha value is -1.30. The summed E-state index contributed by atoms with van der Waals surface area (Å²) in [5.41, 5.74) is 0. The first-order valence-corrected chi connectivity index (χ1v) is 7.53. The Morgan fingerprint density at radius 3 is 2.45 bits per heavy atom. The van der Waals surface area contributed by atoms with Gasteiger partial charge < -0.3 is 20.0 Å². The molecule has 1 heterocycles. The summed E-state index contributed by atoms with van der Waals surface area (Å²) < 4.78 is 0. The van der Waals surface area contributed by atoms with Crippen molar-refractivity contribution in [1.82, 2.24) is 9.80 Å². The van der Waals surface area contributed by atoms with E-state index in [4.69, 9.17) is 10.2 Å². The number of piperidine rings is 1. The van der Waals surface area contributed by atoms with Crippen molar-refractivity contribution in [2.45, 2.75) is 57.0 Å². The maximum atomic E-state index is 12.7. The molecule has 1 aliphatic heterocycles. The molecule has 1 saturated heterocycles. The van der Waals surface area contributed by atoms with E-state index in [1.165, 1.54) is 0 Å². The van der Waals surface area contributed by atoms with Crippen LogP contribution in [0.15, 0.2) is 0 Å². The van der Waals surface area contributed by atoms with Crippen molar-refractivity contribution in [3.05, 3.63) is 0 Å². The maximum absolute atomic E-state index is 12.7. The number of amides is 2. The SMILES string of the molecule is O=C(O)CC1CCCCN1C(=O)N(CCO)C1CCC1. The van der Waals surface area contributed by atoms with Crippen molar-refractivity contribution < 1.29 is 19.8 Å². The third-order valence-corrected chi connectivity index (χ3v) is 4.39. The second kappa shape index (κ2) is 6.92. The Labute approximate surface area is 119 Å². The number of carboxylic acids is 1. The van der Waals surface area contributed by atoms with Gasteiger partial charge in [-0.25, -0.2) is 4.79 Å². The van der Waals surface area contributed by atoms with Gasteiger partial charge >= 0.3 is 12.0 Å². The second-order valence-electron chi connectivity index (χ2n) is 5.73. The first kappa shape index (κ1) is 15.1. The highest BCUT2D eigenvalue weighted by Gasteiger charge is 2.35. The molecule has 0 aromatic rings. The molecule has 0 aromatic heterocycles. The Kier molecular flexibility index (Phi) is 5.23. The highest BCUT2D eigenvalue weighted by molar-refractivity contribution is 5.76. The van der Waals surface area contributed by atoms with Gasteiger partial charge in [-0.3, -0.25) is 4.79 Å². The van der Waals surface area contributed by atoms with E-state index < -0.39 is 5.97 Å². The van der Waals surface area contributed by atoms with E-state index in [-0.39, 0.29) is 31.1 Å². The summed E-state index contributed by atoms with van der Waals surface area (Å²) in [5, 5.41) is 18.1. The minimum absolute atomic E-state index is 0.0172. The maximum Gasteiger partial charge on any atom is 0.320 e. The van der Waals surface area contributed by atoms with E-state index in [1.807, 2.05) is 0 Å². The number of hydrogen-bond acceptors (Lipinski definition) is 3. The molecule has 114 valence electrons. The Bertz CT molecular complexity index is 357. The van der Waals surface area contributed by atoms with E-state index in [2.05, 4.69) is 0 Å². The number of aliphatic hydroxyl groups excluding tert-OH is 1. The number of carbonyl (C=O) groups excluding carboxylic acids is 1. The van der Waals surface area contributed by atoms with Crippen LogP contribution in [0.3, 0.4) is 0 Å². The van der Waals surface area contributed by atoms with Gasteiger partial charge in [-0.2, -0.15) is 0 Å². The summed E-state index contributed by atoms with van der Waals surface area (Å²) in [6.45, 7) is 0.935. The standard InChI is InChI=1S/C14H24N2O4/c17-9-8-16(11-5-3-6-11)14(20)15-7-2-1-4-12(15)10-13(18)19/h11-12,17H,1-10H2,(H,18,19). The van der Waals surface area contributed by atoms with Crippen LogP contribution in [0, 0.1) is 0 Å². The number of aliphatic carboxylic acids is 1. The lowest BCUT2D eigenvalue weighted by molar-refractivity contribution is -0.138. The van der Waals surface area contributed by atoms with Crippen molar-refractivity contribution in [2.75, 3.05) is 19.7 Å². The molecule has 0 radical (unpaired) electrons. The van der Waals surface area contributed by atoms with E-state index in [9.17, 15) is 9.59 Å². The number of carbonyl (C=O) groups is 2. The largest absolute Gasteiger partial charge is 0.481 e. The molecule has 0 bridgehead atoms. The zero-order chi connectivity index (χ0) is 14.5. The highest BCUT2D eigenvalue weighted by Crippen LogP contribution is 2.28. The first-order valence-electron chi connectivity index (χ1n) is 7.53. The fourth-order valence-electron chi connectivity index (χ4n) is 3.07. The molecule has 2 aliphatic rings. The molecule has 0 spiro atoms. The molecule has 1 atom stereocenters. The average molecular weight is 284 g/mol. The van der Waals surface area contributed by atoms with Gasteiger partial charge in [0.25, 0.3) is 0 Å². The van der Waals surface area contributed by atoms with Crippen LogP contribution in [0.4, 0.5) is 4.79 Å². The van der Waals surface area contributed by atoms with Crippen LogP contribution in [0.2, 0.25) is 0 Å². The molecule has 2 amide bonds. The van der Waals surface area contributed by atoms with E-state index in [1.54, 1.807) is 9.80 Å². The van der Waals surface area contributed by atoms with Crippen molar-refractivity contribution in [3.8, 4) is 0 Å². The fraction of sp³-hybridized carbons (Fsp3) is 0.857. The molecule has 1 unspecified atom stereocenters. The first-order chi connectivity index (χ1) is 9.63. The summed E-state index contributed by atoms with van der Waals surface area (Å²) in [6, 6.07) is -0.0632. The van der Waals surface area contributed by atoms with Gasteiger partial charge in [0.05, 0.1) is 13.0 Å². The Morgan fingerprint density at radius 2 is 1.90 bits per heavy atom. The number of likely N-dealkylation sites (tertiary alicyclic amines) is 1. The van der Waals surface area contributed by atoms with Crippen LogP contribution in [0.5, 0.6) is 0 Å². The molecule has 6 nitrogen and oxygen atoms in total. The lowest BCUT2D eigenvalue weighted by atomic mass is 9.91. The van der Waals surface area contributed by atoms with Gasteiger partial charge in [-0.05, 0) is 38.5 Å². The van der Waals surface area contributed by atoms with Gasteiger partial charge in [-0.1, -0.05) is 0 Å². The number of carboxylic acid groups (broad SMARTS) is 1. The Balaban J connectivity index is 2.04. The van der Waals surface area contributed by atoms with Gasteiger partial charge in [0.15, 0.2) is 0 Å². The lowest BCUT2D eigenvalue weighted by Crippen LogP contribution is -2.55. The number of urea groups is 1. The number of nitrogens with zero attached hydrogens (tertiary/aromatic N) is 2. The molecule has 1 saturated carbocycles. The molecule has 2 rings (SSSR count). The van der Waals surface area contributed by atoms with Gasteiger partial charge in [0.2, 0.25) is 0 Å². The Morgan fingerprint density at radius 1 is 1.15 bits per heavy atom. The monoisotopic (exact) mass is 284 g/mol. The summed E-state index contributed by atoms with van der Waals surface area (Å²) in [4.78, 5) is 27.1. The fourth-order valence-corrected chi connectivity index (χ4v) is 3.07. The average Bonchev–Trinajstić information content (AvgIpc) is 2.35. The molecule has 2 fully saturated rings. The molecule has 0 aromatic carbocycles. The smallest absolute Gasteiger partial charge is 0.320 e. The van der Waals surface area contributed by atoms with E-state index >= 15 is 0 Å². The van der Waals surface area contributed by atoms with Crippen molar-refractivity contribution >= 4 is 12.0 Å². The van der Waals surface area contributed by atoms with E-state index in [0.717, 1.165) is 38.5 Å². The van der Waals surface area contributed by atoms with Gasteiger partial charge in [-0.15, -0.1) is 0 Å². The second-order valence-corrected chi connectivity index (χ2v) is 5.73. The van der Waals surface area contributed by atoms with Gasteiger partial charge in [0, 0.05) is 25.2 Å². The third kappa shape index (κ3) is 3.42. The predicted octanol–water partition coefficient (Wildman–Crippen LogP) is 1.28. The molecular weight excluding hydrogens is 260 g/mol. The summed E-state index contributed by atoms with van der Waals surface area (Å²) in [5.74, 6) is -0.855. The molecule has 1 aliphatic carbocycles. The van der Waals surface area contributed by atoms with Crippen LogP contribution in [0.25, 0.3) is 0 Å². The zero-order valence-electron chi connectivity index (χ0n) is 11.8. The summed E-state index contributed by atoms with van der Waals surface area (Å²) in [6.07, 6.45) is 5.79. The van der Waals surface area contributed by atoms with Crippen LogP contribution in [0.1, 0.15) is 44.9 Å². The third-order valence-electron chi connectivity index (χ3n) is 4.39. The van der Waals surface area contributed by atoms with Crippen molar-refractivity contribution in [1.29, 1.82) is 0 Å². The molecule has 20 heavy (non-hydrogen) atoms. The minimum atomic E-state index is -0.855. The van der Waals surface area contributed by atoms with Crippen LogP contribution in [-0.2, 0) is 4.79 Å². The van der Waals surface area contributed by atoms with Crippen LogP contribution in [-0.4, -0.2) is 63.8 Å². The van der Waals surface area contributed by atoms with Crippen molar-refractivity contribution in [3.63, 3.8) is 0 Å². The van der Waals surface area contributed by atoms with Gasteiger partial charge in [0.1, 0.15) is 0 Å². The molecular formula is C14H24N2O4. The highest BCUT2D eigenvalue weighted by atomic mass is 16.4. The molecule has 2 N–H and O–H groups in total. The van der Waals surface area contributed by atoms with Crippen LogP contribution >= 0.6 is 0 Å². The zero-order valence-corrected chi connectivity index (χ0v) is 11.8. The summed E-state index contributed by atoms with van der Waals surface area (Å²) >= 11 is 0. The normalized spacial score (nSPS) is 23.2. The minimum Gasteiger partial charge on any atom is -0.481 e. The predicted molar refractivity (Wildman–Crippen MR) is 73.4 cm³/mol. The number of hydrogen-bond donors (Lipinski definition) is 2. The van der Waals surface area contributed by atoms with Crippen molar-refractivity contribution in [2.24, 2.45) is 0 Å². The lowest BCUT2D eigenvalue weighted by Gasteiger charge is -2.43. The number of aliphatic hydroxyl groups is 1. The topological polar surface area (TPSA) is 81.1 Å². The van der Waals surface area contributed by atoms with Crippen LogP contribution < -0.4 is 0 Å². The quantitative estimate of drug-likeness (QED) is 0.797. The van der Waals surface area contributed by atoms with E-state index in [0.29, 0.717) is 13.1 Å².